The van der Waals surface area contributed by atoms with Crippen molar-refractivity contribution in [3.8, 4) is 23.0 Å². The molecule has 30 heavy (non-hydrogen) atoms. The van der Waals surface area contributed by atoms with E-state index in [-0.39, 0.29) is 17.1 Å². The highest BCUT2D eigenvalue weighted by Crippen LogP contribution is 2.42. The van der Waals surface area contributed by atoms with Crippen molar-refractivity contribution in [2.24, 2.45) is 0 Å². The maximum Gasteiger partial charge on any atom is 0.193 e. The second kappa shape index (κ2) is 9.98. The van der Waals surface area contributed by atoms with Crippen LogP contribution >= 0.6 is 15.9 Å². The number of phenolic OH excluding ortho intramolecular Hbond substituents is 1. The molecule has 0 bridgehead atoms. The molecule has 0 aromatic heterocycles. The summed E-state index contributed by atoms with van der Waals surface area (Å²) >= 11 is 3.34. The second-order valence-corrected chi connectivity index (χ2v) is 7.15. The van der Waals surface area contributed by atoms with Gasteiger partial charge in [0.15, 0.2) is 11.5 Å². The third kappa shape index (κ3) is 5.02. The molecule has 0 saturated carbocycles. The monoisotopic (exact) mass is 468 g/mol. The number of aromatic hydroxyl groups is 1. The zero-order chi connectivity index (χ0) is 21.5. The summed E-state index contributed by atoms with van der Waals surface area (Å²) < 4.78 is 16.7. The predicted octanol–water partition coefficient (Wildman–Crippen LogP) is 5.65. The van der Waals surface area contributed by atoms with E-state index in [0.717, 1.165) is 16.9 Å². The number of methoxy groups -OCH3 is 2. The maximum atomic E-state index is 12.7. The Bertz CT molecular complexity index is 1040. The number of phenols is 1. The van der Waals surface area contributed by atoms with Gasteiger partial charge < -0.3 is 19.3 Å². The van der Waals surface area contributed by atoms with Crippen molar-refractivity contribution in [2.45, 2.75) is 6.61 Å². The Kier molecular flexibility index (Phi) is 7.14. The Labute approximate surface area is 183 Å². The Hall–Kier alpha value is -3.25. The van der Waals surface area contributed by atoms with Gasteiger partial charge in [-0.1, -0.05) is 48.5 Å². The summed E-state index contributed by atoms with van der Waals surface area (Å²) in [7, 11) is 2.89. The third-order valence-corrected chi connectivity index (χ3v) is 5.14. The van der Waals surface area contributed by atoms with Gasteiger partial charge in [-0.2, -0.15) is 0 Å². The fourth-order valence-electron chi connectivity index (χ4n) is 2.85. The molecule has 3 aromatic rings. The zero-order valence-corrected chi connectivity index (χ0v) is 18.2. The number of allylic oxidation sites excluding steroid dienone is 1. The van der Waals surface area contributed by atoms with Gasteiger partial charge in [0.25, 0.3) is 0 Å². The molecule has 0 atom stereocenters. The van der Waals surface area contributed by atoms with Gasteiger partial charge in [0.2, 0.25) is 0 Å². The number of hydrogen-bond acceptors (Lipinski definition) is 5. The Morgan fingerprint density at radius 3 is 2.37 bits per heavy atom. The minimum absolute atomic E-state index is 0.0595. The molecule has 0 aliphatic heterocycles. The van der Waals surface area contributed by atoms with Crippen molar-refractivity contribution in [1.82, 2.24) is 0 Å². The molecule has 154 valence electrons. The molecule has 0 spiro atoms. The fraction of sp³-hybridized carbons (Fsp3) is 0.125. The van der Waals surface area contributed by atoms with E-state index in [0.29, 0.717) is 16.8 Å². The topological polar surface area (TPSA) is 65.0 Å². The molecule has 0 aliphatic carbocycles. The van der Waals surface area contributed by atoms with Crippen molar-refractivity contribution in [2.75, 3.05) is 14.2 Å². The minimum Gasteiger partial charge on any atom is -0.507 e. The molecule has 0 aliphatic rings. The Morgan fingerprint density at radius 1 is 1.03 bits per heavy atom. The minimum atomic E-state index is -0.392. The van der Waals surface area contributed by atoms with E-state index in [1.54, 1.807) is 6.08 Å². The number of halogens is 1. The van der Waals surface area contributed by atoms with Crippen LogP contribution in [0.2, 0.25) is 0 Å². The van der Waals surface area contributed by atoms with E-state index >= 15 is 0 Å². The summed E-state index contributed by atoms with van der Waals surface area (Å²) in [6.07, 6.45) is 3.05. The maximum absolute atomic E-state index is 12.7. The lowest BCUT2D eigenvalue weighted by molar-refractivity contribution is 0.104. The van der Waals surface area contributed by atoms with Crippen molar-refractivity contribution in [3.63, 3.8) is 0 Å². The van der Waals surface area contributed by atoms with Gasteiger partial charge in [0, 0.05) is 6.07 Å². The van der Waals surface area contributed by atoms with Crippen LogP contribution in [0.4, 0.5) is 0 Å². The summed E-state index contributed by atoms with van der Waals surface area (Å²) in [5, 5.41) is 10.3. The largest absolute Gasteiger partial charge is 0.507 e. The summed E-state index contributed by atoms with van der Waals surface area (Å²) in [6.45, 7) is 0.486. The van der Waals surface area contributed by atoms with E-state index in [2.05, 4.69) is 15.9 Å². The molecular weight excluding hydrogens is 448 g/mol. The van der Waals surface area contributed by atoms with Crippen molar-refractivity contribution in [3.05, 3.63) is 87.9 Å². The summed E-state index contributed by atoms with van der Waals surface area (Å²) in [5.74, 6) is 0.714. The molecule has 5 nitrogen and oxygen atoms in total. The van der Waals surface area contributed by atoms with Gasteiger partial charge in [-0.3, -0.25) is 4.79 Å². The van der Waals surface area contributed by atoms with Crippen molar-refractivity contribution < 1.29 is 24.1 Å². The smallest absolute Gasteiger partial charge is 0.193 e. The molecule has 0 fully saturated rings. The first kappa shape index (κ1) is 21.5. The molecular formula is C24H21BrO5. The Morgan fingerprint density at radius 2 is 1.73 bits per heavy atom. The first-order chi connectivity index (χ1) is 14.5. The van der Waals surface area contributed by atoms with Crippen molar-refractivity contribution >= 4 is 27.8 Å². The quantitative estimate of drug-likeness (QED) is 0.341. The number of ketones is 1. The molecule has 1 N–H and O–H groups in total. The molecule has 3 rings (SSSR count). The van der Waals surface area contributed by atoms with Gasteiger partial charge in [0.1, 0.15) is 33.9 Å². The van der Waals surface area contributed by atoms with Gasteiger partial charge >= 0.3 is 0 Å². The van der Waals surface area contributed by atoms with E-state index < -0.39 is 5.78 Å². The van der Waals surface area contributed by atoms with Crippen LogP contribution in [0.1, 0.15) is 21.5 Å². The van der Waals surface area contributed by atoms with Crippen LogP contribution in [0.3, 0.4) is 0 Å². The number of ether oxygens (including phenoxy) is 3. The van der Waals surface area contributed by atoms with Gasteiger partial charge in [0.05, 0.1) is 14.2 Å². The zero-order valence-electron chi connectivity index (χ0n) is 16.6. The normalized spacial score (nSPS) is 10.8. The van der Waals surface area contributed by atoms with Crippen LogP contribution < -0.4 is 14.2 Å². The lowest BCUT2D eigenvalue weighted by Gasteiger charge is -2.13. The molecule has 0 saturated heterocycles. The van der Waals surface area contributed by atoms with Crippen LogP contribution in [0.15, 0.2) is 71.2 Å². The highest BCUT2D eigenvalue weighted by Gasteiger charge is 2.22. The van der Waals surface area contributed by atoms with Gasteiger partial charge in [-0.15, -0.1) is 0 Å². The standard InChI is InChI=1S/C24H21BrO5/c1-28-21-14-20(27)22(24(29-2)23(21)25)19(26)13-10-16-8-11-18(12-9-16)30-15-17-6-4-3-5-7-17/h3-14,27H,15H2,1-2H3. The molecule has 3 aromatic carbocycles. The number of carbonyl (C=O) groups excluding carboxylic acids is 1. The van der Waals surface area contributed by atoms with Crippen molar-refractivity contribution in [1.29, 1.82) is 0 Å². The molecule has 0 radical (unpaired) electrons. The van der Waals surface area contributed by atoms with E-state index in [1.165, 1.54) is 26.4 Å². The summed E-state index contributed by atoms with van der Waals surface area (Å²) in [6, 6.07) is 18.7. The first-order valence-corrected chi connectivity index (χ1v) is 9.95. The Balaban J connectivity index is 1.71. The van der Waals surface area contributed by atoms with Crippen LogP contribution in [-0.4, -0.2) is 25.1 Å². The lowest BCUT2D eigenvalue weighted by Crippen LogP contribution is -2.02. The molecule has 0 unspecified atom stereocenters. The van der Waals surface area contributed by atoms with Crippen LogP contribution in [-0.2, 0) is 6.61 Å². The second-order valence-electron chi connectivity index (χ2n) is 6.36. The van der Waals surface area contributed by atoms with Crippen LogP contribution in [0, 0.1) is 0 Å². The molecule has 0 amide bonds. The third-order valence-electron chi connectivity index (χ3n) is 4.39. The lowest BCUT2D eigenvalue weighted by atomic mass is 10.1. The van der Waals surface area contributed by atoms with E-state index in [9.17, 15) is 9.90 Å². The van der Waals surface area contributed by atoms with E-state index in [1.807, 2.05) is 54.6 Å². The SMILES string of the molecule is COc1cc(O)c(C(=O)C=Cc2ccc(OCc3ccccc3)cc2)c(OC)c1Br. The number of hydrogen-bond donors (Lipinski definition) is 1. The average Bonchev–Trinajstić information content (AvgIpc) is 2.78. The number of benzene rings is 3. The highest BCUT2D eigenvalue weighted by atomic mass is 79.9. The van der Waals surface area contributed by atoms with Gasteiger partial charge in [-0.05, 0) is 45.3 Å². The molecule has 0 heterocycles. The first-order valence-electron chi connectivity index (χ1n) is 9.16. The average molecular weight is 469 g/mol. The fourth-order valence-corrected chi connectivity index (χ4v) is 3.48. The summed E-state index contributed by atoms with van der Waals surface area (Å²) in [4.78, 5) is 12.7. The van der Waals surface area contributed by atoms with Gasteiger partial charge in [-0.25, -0.2) is 0 Å². The van der Waals surface area contributed by atoms with Crippen LogP contribution in [0.25, 0.3) is 6.08 Å². The highest BCUT2D eigenvalue weighted by molar-refractivity contribution is 9.10. The predicted molar refractivity (Wildman–Crippen MR) is 119 cm³/mol. The molecule has 6 heteroatoms. The van der Waals surface area contributed by atoms with Crippen LogP contribution in [0.5, 0.6) is 23.0 Å². The van der Waals surface area contributed by atoms with E-state index in [4.69, 9.17) is 14.2 Å². The number of rotatable bonds is 8. The number of carbonyl (C=O) groups is 1. The summed E-state index contributed by atoms with van der Waals surface area (Å²) in [5.41, 5.74) is 1.97.